The van der Waals surface area contributed by atoms with Crippen LogP contribution in [0, 0.1) is 0 Å². The van der Waals surface area contributed by atoms with Crippen molar-refractivity contribution < 1.29 is 14.3 Å². The number of anilines is 2. The first kappa shape index (κ1) is 23.0. The average Bonchev–Trinajstić information content (AvgIpc) is 3.10. The lowest BCUT2D eigenvalue weighted by Gasteiger charge is -2.21. The molecule has 0 spiro atoms. The maximum atomic E-state index is 13.4. The number of carbonyl (C=O) groups is 2. The Hall–Kier alpha value is -4.13. The quantitative estimate of drug-likeness (QED) is 0.483. The summed E-state index contributed by atoms with van der Waals surface area (Å²) in [7, 11) is 1.59. The number of methoxy groups -OCH3 is 1. The lowest BCUT2D eigenvalue weighted by molar-refractivity contribution is -0.137. The molecule has 0 unspecified atom stereocenters. The zero-order valence-corrected chi connectivity index (χ0v) is 19.6. The minimum Gasteiger partial charge on any atom is -0.497 e. The SMILES string of the molecule is CCN(CC)c1ccc(NC2=C(c3ccc(OC)cc3)C(=O)N(Cc3cccnc3)C2=O)cc1. The number of hydrogen-bond donors (Lipinski definition) is 1. The molecule has 4 rings (SSSR count). The van der Waals surface area contributed by atoms with Crippen LogP contribution < -0.4 is 15.0 Å². The number of imide groups is 1. The molecule has 0 bridgehead atoms. The second-order valence-corrected chi connectivity index (χ2v) is 7.88. The molecule has 34 heavy (non-hydrogen) atoms. The minimum absolute atomic E-state index is 0.150. The highest BCUT2D eigenvalue weighted by atomic mass is 16.5. The summed E-state index contributed by atoms with van der Waals surface area (Å²) < 4.78 is 5.25. The van der Waals surface area contributed by atoms with Crippen molar-refractivity contribution in [2.24, 2.45) is 0 Å². The van der Waals surface area contributed by atoms with Gasteiger partial charge in [-0.05, 0) is 67.4 Å². The van der Waals surface area contributed by atoms with Gasteiger partial charge in [-0.15, -0.1) is 0 Å². The molecule has 0 fully saturated rings. The molecule has 2 amide bonds. The second kappa shape index (κ2) is 10.2. The summed E-state index contributed by atoms with van der Waals surface area (Å²) in [5.74, 6) is -0.0383. The Bertz CT molecular complexity index is 1180. The Kier molecular flexibility index (Phi) is 6.92. The number of amides is 2. The van der Waals surface area contributed by atoms with Gasteiger partial charge in [0.1, 0.15) is 11.4 Å². The van der Waals surface area contributed by atoms with Crippen molar-refractivity contribution in [3.8, 4) is 5.75 Å². The first-order chi connectivity index (χ1) is 16.5. The molecular formula is C27H28N4O3. The fourth-order valence-corrected chi connectivity index (χ4v) is 4.02. The fourth-order valence-electron chi connectivity index (χ4n) is 4.02. The van der Waals surface area contributed by atoms with Crippen molar-refractivity contribution >= 4 is 28.8 Å². The van der Waals surface area contributed by atoms with Crippen molar-refractivity contribution in [1.82, 2.24) is 9.88 Å². The van der Waals surface area contributed by atoms with E-state index in [-0.39, 0.29) is 24.1 Å². The molecular weight excluding hydrogens is 428 g/mol. The van der Waals surface area contributed by atoms with Crippen molar-refractivity contribution in [2.45, 2.75) is 20.4 Å². The van der Waals surface area contributed by atoms with Crippen LogP contribution in [0.25, 0.3) is 5.57 Å². The maximum Gasteiger partial charge on any atom is 0.278 e. The predicted octanol–water partition coefficient (Wildman–Crippen LogP) is 4.33. The van der Waals surface area contributed by atoms with Gasteiger partial charge in [-0.3, -0.25) is 19.5 Å². The first-order valence-electron chi connectivity index (χ1n) is 11.3. The summed E-state index contributed by atoms with van der Waals surface area (Å²) in [6.07, 6.45) is 3.32. The third kappa shape index (κ3) is 4.64. The molecule has 7 nitrogen and oxygen atoms in total. The third-order valence-corrected chi connectivity index (χ3v) is 5.88. The number of benzene rings is 2. The van der Waals surface area contributed by atoms with Crippen LogP contribution in [0.15, 0.2) is 78.8 Å². The van der Waals surface area contributed by atoms with E-state index in [2.05, 4.69) is 29.0 Å². The van der Waals surface area contributed by atoms with Crippen molar-refractivity contribution in [3.05, 3.63) is 89.9 Å². The van der Waals surface area contributed by atoms with Gasteiger partial charge in [0.05, 0.1) is 19.2 Å². The summed E-state index contributed by atoms with van der Waals surface area (Å²) in [5.41, 5.74) is 3.87. The second-order valence-electron chi connectivity index (χ2n) is 7.88. The number of ether oxygens (including phenoxy) is 1. The van der Waals surface area contributed by atoms with E-state index in [1.807, 2.05) is 30.3 Å². The standard InChI is InChI=1S/C27H28N4O3/c1-4-30(5-2)22-12-10-21(11-13-22)29-25-24(20-8-14-23(34-3)15-9-20)26(32)31(27(25)33)18-19-7-6-16-28-17-19/h6-17,29H,4-5,18H2,1-3H3. The van der Waals surface area contributed by atoms with E-state index in [0.717, 1.165) is 30.0 Å². The monoisotopic (exact) mass is 456 g/mol. The van der Waals surface area contributed by atoms with Crippen molar-refractivity contribution in [1.29, 1.82) is 0 Å². The number of pyridine rings is 1. The van der Waals surface area contributed by atoms with Gasteiger partial charge in [0, 0.05) is 36.9 Å². The molecule has 0 atom stereocenters. The van der Waals surface area contributed by atoms with Gasteiger partial charge in [0.2, 0.25) is 0 Å². The van der Waals surface area contributed by atoms with Crippen molar-refractivity contribution in [2.75, 3.05) is 30.4 Å². The lowest BCUT2D eigenvalue weighted by Crippen LogP contribution is -2.32. The molecule has 1 N–H and O–H groups in total. The Morgan fingerprint density at radius 1 is 0.941 bits per heavy atom. The minimum atomic E-state index is -0.368. The Balaban J connectivity index is 1.68. The van der Waals surface area contributed by atoms with E-state index in [4.69, 9.17) is 4.74 Å². The van der Waals surface area contributed by atoms with E-state index in [0.29, 0.717) is 16.9 Å². The number of carbonyl (C=O) groups excluding carboxylic acids is 2. The number of rotatable bonds is 9. The molecule has 7 heteroatoms. The molecule has 0 radical (unpaired) electrons. The van der Waals surface area contributed by atoms with E-state index in [9.17, 15) is 9.59 Å². The molecule has 3 aromatic rings. The van der Waals surface area contributed by atoms with Crippen molar-refractivity contribution in [3.63, 3.8) is 0 Å². The average molecular weight is 457 g/mol. The van der Waals surface area contributed by atoms with Gasteiger partial charge in [0.15, 0.2) is 0 Å². The number of aromatic nitrogens is 1. The van der Waals surface area contributed by atoms with E-state index in [1.165, 1.54) is 4.90 Å². The molecule has 0 aliphatic carbocycles. The predicted molar refractivity (Wildman–Crippen MR) is 133 cm³/mol. The fraction of sp³-hybridized carbons (Fsp3) is 0.222. The van der Waals surface area contributed by atoms with E-state index >= 15 is 0 Å². The molecule has 2 aromatic carbocycles. The van der Waals surface area contributed by atoms with Crippen LogP contribution in [0.4, 0.5) is 11.4 Å². The van der Waals surface area contributed by atoms with Crippen LogP contribution in [0.2, 0.25) is 0 Å². The van der Waals surface area contributed by atoms with Gasteiger partial charge in [-0.1, -0.05) is 18.2 Å². The summed E-state index contributed by atoms with van der Waals surface area (Å²) in [5, 5.41) is 3.22. The molecule has 2 heterocycles. The zero-order valence-electron chi connectivity index (χ0n) is 19.6. The summed E-state index contributed by atoms with van der Waals surface area (Å²) >= 11 is 0. The summed E-state index contributed by atoms with van der Waals surface area (Å²) in [6.45, 7) is 6.19. The smallest absolute Gasteiger partial charge is 0.278 e. The normalized spacial score (nSPS) is 13.4. The topological polar surface area (TPSA) is 74.8 Å². The first-order valence-corrected chi connectivity index (χ1v) is 11.3. The third-order valence-electron chi connectivity index (χ3n) is 5.88. The van der Waals surface area contributed by atoms with Crippen LogP contribution in [-0.4, -0.2) is 41.9 Å². The molecule has 1 aliphatic heterocycles. The van der Waals surface area contributed by atoms with Gasteiger partial charge in [-0.2, -0.15) is 0 Å². The largest absolute Gasteiger partial charge is 0.497 e. The maximum absolute atomic E-state index is 13.4. The number of nitrogens with one attached hydrogen (secondary N) is 1. The highest BCUT2D eigenvalue weighted by Crippen LogP contribution is 2.32. The molecule has 0 saturated heterocycles. The van der Waals surface area contributed by atoms with Gasteiger partial charge in [-0.25, -0.2) is 0 Å². The van der Waals surface area contributed by atoms with Crippen LogP contribution in [0.3, 0.4) is 0 Å². The highest BCUT2D eigenvalue weighted by Gasteiger charge is 2.39. The van der Waals surface area contributed by atoms with Crippen LogP contribution in [0.5, 0.6) is 5.75 Å². The summed E-state index contributed by atoms with van der Waals surface area (Å²) in [4.78, 5) is 34.5. The van der Waals surface area contributed by atoms with E-state index < -0.39 is 0 Å². The zero-order chi connectivity index (χ0) is 24.1. The number of hydrogen-bond acceptors (Lipinski definition) is 6. The molecule has 174 valence electrons. The van der Waals surface area contributed by atoms with Crippen LogP contribution >= 0.6 is 0 Å². The van der Waals surface area contributed by atoms with Crippen LogP contribution in [0.1, 0.15) is 25.0 Å². The van der Waals surface area contributed by atoms with Gasteiger partial charge < -0.3 is 15.0 Å². The van der Waals surface area contributed by atoms with E-state index in [1.54, 1.807) is 49.8 Å². The van der Waals surface area contributed by atoms with Crippen LogP contribution in [-0.2, 0) is 16.1 Å². The number of nitrogens with zero attached hydrogens (tertiary/aromatic N) is 3. The Morgan fingerprint density at radius 3 is 2.24 bits per heavy atom. The highest BCUT2D eigenvalue weighted by molar-refractivity contribution is 6.36. The van der Waals surface area contributed by atoms with Gasteiger partial charge >= 0.3 is 0 Å². The Labute approximate surface area is 199 Å². The summed E-state index contributed by atoms with van der Waals surface area (Å²) in [6, 6.07) is 18.6. The molecule has 1 aliphatic rings. The molecule has 0 saturated carbocycles. The van der Waals surface area contributed by atoms with Gasteiger partial charge in [0.25, 0.3) is 11.8 Å². The lowest BCUT2D eigenvalue weighted by atomic mass is 10.0. The Morgan fingerprint density at radius 2 is 1.65 bits per heavy atom. The molecule has 1 aromatic heterocycles.